The summed E-state index contributed by atoms with van der Waals surface area (Å²) in [6.07, 6.45) is 1.58. The van der Waals surface area contributed by atoms with Crippen molar-refractivity contribution < 1.29 is 4.42 Å². The van der Waals surface area contributed by atoms with Crippen LogP contribution in [-0.2, 0) is 0 Å². The summed E-state index contributed by atoms with van der Waals surface area (Å²) in [4.78, 5) is 8.91. The average Bonchev–Trinajstić information content (AvgIpc) is 3.13. The van der Waals surface area contributed by atoms with Gasteiger partial charge in [-0.05, 0) is 23.3 Å². The van der Waals surface area contributed by atoms with Crippen molar-refractivity contribution in [2.24, 2.45) is 0 Å². The predicted octanol–water partition coefficient (Wildman–Crippen LogP) is 5.58. The van der Waals surface area contributed by atoms with Crippen LogP contribution in [0.5, 0.6) is 0 Å². The quantitative estimate of drug-likeness (QED) is 0.459. The molecule has 0 aliphatic heterocycles. The molecule has 0 atom stereocenters. The normalized spacial score (nSPS) is 11.3. The Bertz CT molecular complexity index is 1160. The van der Waals surface area contributed by atoms with Gasteiger partial charge in [-0.1, -0.05) is 72.8 Å². The number of aromatic nitrogens is 2. The standard InChI is InChI=1S/C23H17N3O/c1-3-9-16(10-4-1)20(17-11-5-2-6-12-17)26-23-22-21(24-15-25-23)18-13-7-8-14-19(18)27-22/h1-15,20H,(H,24,25,26). The summed E-state index contributed by atoms with van der Waals surface area (Å²) in [5, 5.41) is 4.57. The van der Waals surface area contributed by atoms with Crippen LogP contribution in [0.25, 0.3) is 22.1 Å². The number of rotatable bonds is 4. The molecule has 0 unspecified atom stereocenters. The molecule has 0 saturated carbocycles. The molecule has 0 bridgehead atoms. The number of anilines is 1. The van der Waals surface area contributed by atoms with Crippen LogP contribution in [0, 0.1) is 0 Å². The third kappa shape index (κ3) is 2.81. The van der Waals surface area contributed by atoms with E-state index in [-0.39, 0.29) is 6.04 Å². The lowest BCUT2D eigenvalue weighted by molar-refractivity contribution is 0.665. The number of hydrogen-bond acceptors (Lipinski definition) is 4. The minimum Gasteiger partial charge on any atom is -0.450 e. The Morgan fingerprint density at radius 1 is 0.704 bits per heavy atom. The van der Waals surface area contributed by atoms with Crippen molar-refractivity contribution in [3.8, 4) is 0 Å². The lowest BCUT2D eigenvalue weighted by Crippen LogP contribution is -2.13. The Hall–Kier alpha value is -3.66. The summed E-state index contributed by atoms with van der Waals surface area (Å²) >= 11 is 0. The molecule has 3 aromatic carbocycles. The van der Waals surface area contributed by atoms with Crippen molar-refractivity contribution in [2.75, 3.05) is 5.32 Å². The molecule has 2 aromatic heterocycles. The van der Waals surface area contributed by atoms with Crippen LogP contribution in [0.4, 0.5) is 5.82 Å². The molecule has 0 radical (unpaired) electrons. The number of nitrogens with zero attached hydrogens (tertiary/aromatic N) is 2. The zero-order chi connectivity index (χ0) is 18.1. The van der Waals surface area contributed by atoms with E-state index in [0.717, 1.165) is 27.6 Å². The Morgan fingerprint density at radius 3 is 2.04 bits per heavy atom. The molecule has 4 nitrogen and oxygen atoms in total. The largest absolute Gasteiger partial charge is 0.450 e. The van der Waals surface area contributed by atoms with E-state index < -0.39 is 0 Å². The highest BCUT2D eigenvalue weighted by Gasteiger charge is 2.18. The average molecular weight is 351 g/mol. The van der Waals surface area contributed by atoms with Crippen LogP contribution >= 0.6 is 0 Å². The van der Waals surface area contributed by atoms with Crippen molar-refractivity contribution in [2.45, 2.75) is 6.04 Å². The Kier molecular flexibility index (Phi) is 3.79. The minimum absolute atomic E-state index is 0.0429. The van der Waals surface area contributed by atoms with Crippen LogP contribution in [0.1, 0.15) is 17.2 Å². The van der Waals surface area contributed by atoms with E-state index in [2.05, 4.69) is 39.6 Å². The molecule has 2 heterocycles. The second-order valence-corrected chi connectivity index (χ2v) is 6.40. The summed E-state index contributed by atoms with van der Waals surface area (Å²) < 4.78 is 6.07. The van der Waals surface area contributed by atoms with Gasteiger partial charge in [-0.25, -0.2) is 9.97 Å². The van der Waals surface area contributed by atoms with Gasteiger partial charge < -0.3 is 9.73 Å². The van der Waals surface area contributed by atoms with Crippen LogP contribution in [0.2, 0.25) is 0 Å². The molecule has 1 N–H and O–H groups in total. The molecular weight excluding hydrogens is 334 g/mol. The second kappa shape index (κ2) is 6.57. The van der Waals surface area contributed by atoms with Crippen molar-refractivity contribution in [3.63, 3.8) is 0 Å². The summed E-state index contributed by atoms with van der Waals surface area (Å²) in [7, 11) is 0. The molecule has 0 aliphatic carbocycles. The lowest BCUT2D eigenvalue weighted by atomic mass is 9.99. The van der Waals surface area contributed by atoms with Crippen molar-refractivity contribution in [3.05, 3.63) is 102 Å². The smallest absolute Gasteiger partial charge is 0.196 e. The lowest BCUT2D eigenvalue weighted by Gasteiger charge is -2.20. The van der Waals surface area contributed by atoms with Gasteiger partial charge in [-0.2, -0.15) is 0 Å². The zero-order valence-corrected chi connectivity index (χ0v) is 14.5. The van der Waals surface area contributed by atoms with Gasteiger partial charge in [-0.3, -0.25) is 0 Å². The van der Waals surface area contributed by atoms with Gasteiger partial charge in [-0.15, -0.1) is 0 Å². The summed E-state index contributed by atoms with van der Waals surface area (Å²) in [5.41, 5.74) is 4.63. The van der Waals surface area contributed by atoms with Gasteiger partial charge >= 0.3 is 0 Å². The van der Waals surface area contributed by atoms with E-state index in [0.29, 0.717) is 11.4 Å². The first-order chi connectivity index (χ1) is 13.4. The molecule has 0 aliphatic rings. The monoisotopic (exact) mass is 351 g/mol. The highest BCUT2D eigenvalue weighted by molar-refractivity contribution is 6.05. The molecule has 5 aromatic rings. The molecule has 130 valence electrons. The molecule has 0 spiro atoms. The van der Waals surface area contributed by atoms with Crippen molar-refractivity contribution in [1.29, 1.82) is 0 Å². The third-order valence-electron chi connectivity index (χ3n) is 4.70. The topological polar surface area (TPSA) is 51.0 Å². The number of benzene rings is 3. The maximum absolute atomic E-state index is 6.07. The van der Waals surface area contributed by atoms with Crippen molar-refractivity contribution in [1.82, 2.24) is 9.97 Å². The van der Waals surface area contributed by atoms with Crippen LogP contribution in [0.15, 0.2) is 95.7 Å². The van der Waals surface area contributed by atoms with E-state index in [1.165, 1.54) is 0 Å². The fourth-order valence-corrected chi connectivity index (χ4v) is 3.41. The Morgan fingerprint density at radius 2 is 1.33 bits per heavy atom. The first kappa shape index (κ1) is 15.6. The number of furan rings is 1. The van der Waals surface area contributed by atoms with Crippen LogP contribution in [0.3, 0.4) is 0 Å². The van der Waals surface area contributed by atoms with E-state index in [1.807, 2.05) is 60.7 Å². The Balaban J connectivity index is 1.65. The molecule has 0 amide bonds. The number of hydrogen-bond donors (Lipinski definition) is 1. The highest BCUT2D eigenvalue weighted by Crippen LogP contribution is 2.33. The van der Waals surface area contributed by atoms with Gasteiger partial charge in [0.05, 0.1) is 6.04 Å². The van der Waals surface area contributed by atoms with Crippen LogP contribution in [-0.4, -0.2) is 9.97 Å². The first-order valence-electron chi connectivity index (χ1n) is 8.89. The molecular formula is C23H17N3O. The van der Waals surface area contributed by atoms with E-state index in [1.54, 1.807) is 6.33 Å². The fourth-order valence-electron chi connectivity index (χ4n) is 3.41. The highest BCUT2D eigenvalue weighted by atomic mass is 16.3. The summed E-state index contributed by atoms with van der Waals surface area (Å²) in [6.45, 7) is 0. The molecule has 0 saturated heterocycles. The van der Waals surface area contributed by atoms with Crippen LogP contribution < -0.4 is 5.32 Å². The number of fused-ring (bicyclic) bond motifs is 3. The van der Waals surface area contributed by atoms with Crippen molar-refractivity contribution >= 4 is 27.9 Å². The van der Waals surface area contributed by atoms with Gasteiger partial charge in [0.2, 0.25) is 0 Å². The molecule has 4 heteroatoms. The van der Waals surface area contributed by atoms with Gasteiger partial charge in [0.25, 0.3) is 0 Å². The Labute approximate surface area is 156 Å². The van der Waals surface area contributed by atoms with E-state index in [9.17, 15) is 0 Å². The number of nitrogens with one attached hydrogen (secondary N) is 1. The molecule has 27 heavy (non-hydrogen) atoms. The van der Waals surface area contributed by atoms with Gasteiger partial charge in [0.15, 0.2) is 11.4 Å². The first-order valence-corrected chi connectivity index (χ1v) is 8.89. The third-order valence-corrected chi connectivity index (χ3v) is 4.70. The number of para-hydroxylation sites is 1. The summed E-state index contributed by atoms with van der Waals surface area (Å²) in [6, 6.07) is 28.6. The minimum atomic E-state index is -0.0429. The SMILES string of the molecule is c1ccc(C(Nc2ncnc3c2oc2ccccc23)c2ccccc2)cc1. The van der Waals surface area contributed by atoms with E-state index in [4.69, 9.17) is 4.42 Å². The summed E-state index contributed by atoms with van der Waals surface area (Å²) in [5.74, 6) is 0.689. The van der Waals surface area contributed by atoms with Gasteiger partial charge in [0, 0.05) is 5.39 Å². The predicted molar refractivity (Wildman–Crippen MR) is 108 cm³/mol. The maximum atomic E-state index is 6.07. The van der Waals surface area contributed by atoms with E-state index >= 15 is 0 Å². The molecule has 5 rings (SSSR count). The zero-order valence-electron chi connectivity index (χ0n) is 14.5. The second-order valence-electron chi connectivity index (χ2n) is 6.40. The fraction of sp³-hybridized carbons (Fsp3) is 0.0435. The maximum Gasteiger partial charge on any atom is 0.196 e. The van der Waals surface area contributed by atoms with Gasteiger partial charge in [0.1, 0.15) is 17.4 Å². The molecule has 0 fully saturated rings.